The van der Waals surface area contributed by atoms with Crippen molar-refractivity contribution in [2.75, 3.05) is 32.7 Å². The van der Waals surface area contributed by atoms with E-state index in [4.69, 9.17) is 20.2 Å². The zero-order valence-electron chi connectivity index (χ0n) is 20.1. The second kappa shape index (κ2) is 10.0. The van der Waals surface area contributed by atoms with Gasteiger partial charge in [0.15, 0.2) is 5.65 Å². The molecule has 5 heterocycles. The quantitative estimate of drug-likeness (QED) is 0.452. The first-order valence-electron chi connectivity index (χ1n) is 12.0. The highest BCUT2D eigenvalue weighted by Crippen LogP contribution is 2.34. The van der Waals surface area contributed by atoms with Crippen molar-refractivity contribution in [1.82, 2.24) is 24.1 Å². The number of carbonyl (C=O) groups excluding carboxylic acids is 1. The summed E-state index contributed by atoms with van der Waals surface area (Å²) < 4.78 is 14.3. The van der Waals surface area contributed by atoms with Crippen molar-refractivity contribution >= 4 is 28.4 Å². The number of aromatic nitrogens is 5. The molecule has 10 nitrogen and oxygen atoms in total. The third kappa shape index (κ3) is 4.46. The van der Waals surface area contributed by atoms with Crippen LogP contribution in [0.2, 0.25) is 0 Å². The van der Waals surface area contributed by atoms with Crippen LogP contribution in [0.25, 0.3) is 27.9 Å². The fourth-order valence-corrected chi connectivity index (χ4v) is 4.59. The number of methoxy groups -OCH3 is 1. The third-order valence-corrected chi connectivity index (χ3v) is 6.83. The van der Waals surface area contributed by atoms with Crippen molar-refractivity contribution < 1.29 is 14.3 Å². The Labute approximate surface area is 203 Å². The van der Waals surface area contributed by atoms with Gasteiger partial charge in [0.05, 0.1) is 18.0 Å². The summed E-state index contributed by atoms with van der Waals surface area (Å²) in [5.74, 6) is 0.159. The van der Waals surface area contributed by atoms with Crippen LogP contribution in [0, 0.1) is 0 Å². The Morgan fingerprint density at radius 3 is 2.66 bits per heavy atom. The number of fused-ring (bicyclic) bond motifs is 2. The maximum absolute atomic E-state index is 11.8. The summed E-state index contributed by atoms with van der Waals surface area (Å²) in [7, 11) is 3.58. The number of hydrogen-bond acceptors (Lipinski definition) is 7. The van der Waals surface area contributed by atoms with E-state index in [1.54, 1.807) is 24.9 Å². The largest absolute Gasteiger partial charge is 0.381 e. The summed E-state index contributed by atoms with van der Waals surface area (Å²) in [6.07, 6.45) is 11.8. The Kier molecular flexibility index (Phi) is 6.65. The molecular formula is C25H31N7O3. The standard InChI is InChI=1S/C20H21N7O2.C5H10O/c1-22-17-9-16(25-20-14(18(21)28)10-24-27(17)20)15-11-26(12-4-7-29-8-5-12)19-13(15)3-2-6-23-19;1-6-5-3-2-4-5/h2-3,6,9-12,22H,4-5,7-8H2,1H3,(H2,21,28);5H,2-4H2,1H3. The Morgan fingerprint density at radius 1 is 1.23 bits per heavy atom. The number of nitrogens with zero attached hydrogens (tertiary/aromatic N) is 5. The maximum atomic E-state index is 11.8. The maximum Gasteiger partial charge on any atom is 0.254 e. The number of nitrogens with two attached hydrogens (primary N) is 1. The minimum atomic E-state index is -0.557. The molecule has 0 bridgehead atoms. The lowest BCUT2D eigenvalue weighted by atomic mass is 9.96. The van der Waals surface area contributed by atoms with Crippen LogP contribution in [0.15, 0.2) is 36.8 Å². The van der Waals surface area contributed by atoms with Gasteiger partial charge in [0.2, 0.25) is 0 Å². The zero-order valence-corrected chi connectivity index (χ0v) is 20.1. The van der Waals surface area contributed by atoms with Crippen molar-refractivity contribution in [3.8, 4) is 11.3 Å². The molecule has 184 valence electrons. The fourth-order valence-electron chi connectivity index (χ4n) is 4.59. The Balaban J connectivity index is 0.000000371. The summed E-state index contributed by atoms with van der Waals surface area (Å²) in [5.41, 5.74) is 8.84. The molecular weight excluding hydrogens is 446 g/mol. The lowest BCUT2D eigenvalue weighted by Crippen LogP contribution is -2.19. The second-order valence-electron chi connectivity index (χ2n) is 8.89. The molecule has 35 heavy (non-hydrogen) atoms. The van der Waals surface area contributed by atoms with E-state index in [0.29, 0.717) is 23.6 Å². The Morgan fingerprint density at radius 2 is 2.03 bits per heavy atom. The van der Waals surface area contributed by atoms with Crippen molar-refractivity contribution in [2.45, 2.75) is 44.2 Å². The van der Waals surface area contributed by atoms with Crippen molar-refractivity contribution in [1.29, 1.82) is 0 Å². The van der Waals surface area contributed by atoms with Crippen LogP contribution in [0.1, 0.15) is 48.5 Å². The molecule has 1 saturated heterocycles. The Bertz CT molecular complexity index is 1330. The molecule has 0 aromatic carbocycles. The van der Waals surface area contributed by atoms with Gasteiger partial charge in [-0.1, -0.05) is 0 Å². The normalized spacial score (nSPS) is 16.6. The predicted molar refractivity (Wildman–Crippen MR) is 134 cm³/mol. The van der Waals surface area contributed by atoms with Gasteiger partial charge in [-0.15, -0.1) is 0 Å². The predicted octanol–water partition coefficient (Wildman–Crippen LogP) is 3.42. The average molecular weight is 478 g/mol. The van der Waals surface area contributed by atoms with E-state index in [1.807, 2.05) is 18.2 Å². The molecule has 6 rings (SSSR count). The van der Waals surface area contributed by atoms with Gasteiger partial charge in [-0.2, -0.15) is 9.61 Å². The van der Waals surface area contributed by atoms with Crippen molar-refractivity contribution in [2.24, 2.45) is 5.73 Å². The molecule has 0 spiro atoms. The van der Waals surface area contributed by atoms with E-state index in [1.165, 1.54) is 25.5 Å². The van der Waals surface area contributed by atoms with E-state index >= 15 is 0 Å². The minimum Gasteiger partial charge on any atom is -0.381 e. The first-order valence-corrected chi connectivity index (χ1v) is 12.0. The van der Waals surface area contributed by atoms with Gasteiger partial charge in [-0.05, 0) is 44.2 Å². The minimum absolute atomic E-state index is 0.287. The van der Waals surface area contributed by atoms with E-state index in [-0.39, 0.29) is 5.56 Å². The van der Waals surface area contributed by atoms with Gasteiger partial charge >= 0.3 is 0 Å². The van der Waals surface area contributed by atoms with Crippen molar-refractivity contribution in [3.63, 3.8) is 0 Å². The van der Waals surface area contributed by atoms with Crippen LogP contribution < -0.4 is 11.1 Å². The number of pyridine rings is 1. The van der Waals surface area contributed by atoms with E-state index in [0.717, 1.165) is 48.3 Å². The van der Waals surface area contributed by atoms with Gasteiger partial charge in [-0.25, -0.2) is 9.97 Å². The topological polar surface area (TPSA) is 122 Å². The second-order valence-corrected chi connectivity index (χ2v) is 8.89. The number of hydrogen-bond donors (Lipinski definition) is 2. The smallest absolute Gasteiger partial charge is 0.254 e. The van der Waals surface area contributed by atoms with Gasteiger partial charge in [0.1, 0.15) is 17.0 Å². The number of nitrogens with one attached hydrogen (secondary N) is 1. The first-order chi connectivity index (χ1) is 17.1. The average Bonchev–Trinajstić information content (AvgIpc) is 3.46. The molecule has 0 unspecified atom stereocenters. The fraction of sp³-hybridized carbons (Fsp3) is 0.440. The number of rotatable bonds is 5. The molecule has 1 aliphatic carbocycles. The van der Waals surface area contributed by atoms with Crippen LogP contribution in [0.3, 0.4) is 0 Å². The van der Waals surface area contributed by atoms with Gasteiger partial charge in [0, 0.05) is 62.8 Å². The molecule has 1 saturated carbocycles. The highest BCUT2D eigenvalue weighted by Gasteiger charge is 2.22. The number of ether oxygens (including phenoxy) is 2. The summed E-state index contributed by atoms with van der Waals surface area (Å²) in [6, 6.07) is 6.22. The molecule has 1 aliphatic heterocycles. The number of primary amides is 1. The van der Waals surface area contributed by atoms with Gasteiger partial charge in [0.25, 0.3) is 5.91 Å². The molecule has 2 aliphatic rings. The van der Waals surface area contributed by atoms with Crippen LogP contribution in [-0.4, -0.2) is 63.5 Å². The highest BCUT2D eigenvalue weighted by molar-refractivity contribution is 6.00. The zero-order chi connectivity index (χ0) is 24.4. The molecule has 2 fully saturated rings. The summed E-state index contributed by atoms with van der Waals surface area (Å²) in [6.45, 7) is 1.50. The summed E-state index contributed by atoms with van der Waals surface area (Å²) in [5, 5.41) is 8.38. The SMILES string of the molecule is CNc1cc(-c2cn(C3CCOCC3)c3ncccc23)nc2c(C(N)=O)cnn12.COC1CCC1. The number of amides is 1. The number of carbonyl (C=O) groups is 1. The molecule has 1 amide bonds. The highest BCUT2D eigenvalue weighted by atomic mass is 16.5. The molecule has 0 atom stereocenters. The van der Waals surface area contributed by atoms with Crippen LogP contribution >= 0.6 is 0 Å². The summed E-state index contributed by atoms with van der Waals surface area (Å²) in [4.78, 5) is 21.2. The lowest BCUT2D eigenvalue weighted by Gasteiger charge is -2.24. The lowest BCUT2D eigenvalue weighted by molar-refractivity contribution is 0.0412. The molecule has 10 heteroatoms. The Hall–Kier alpha value is -3.50. The van der Waals surface area contributed by atoms with E-state index < -0.39 is 5.91 Å². The molecule has 3 N–H and O–H groups in total. The van der Waals surface area contributed by atoms with Crippen LogP contribution in [0.5, 0.6) is 0 Å². The molecule has 0 radical (unpaired) electrons. The third-order valence-electron chi connectivity index (χ3n) is 6.83. The molecule has 4 aromatic rings. The van der Waals surface area contributed by atoms with Gasteiger partial charge in [-0.3, -0.25) is 4.79 Å². The van der Waals surface area contributed by atoms with Crippen LogP contribution in [0.4, 0.5) is 5.82 Å². The van der Waals surface area contributed by atoms with E-state index in [2.05, 4.69) is 26.2 Å². The first kappa shape index (κ1) is 23.3. The number of anilines is 1. The molecule has 4 aromatic heterocycles. The van der Waals surface area contributed by atoms with Crippen molar-refractivity contribution in [3.05, 3.63) is 42.4 Å². The van der Waals surface area contributed by atoms with Gasteiger partial charge < -0.3 is 25.1 Å². The monoisotopic (exact) mass is 477 g/mol. The van der Waals surface area contributed by atoms with Crippen LogP contribution in [-0.2, 0) is 9.47 Å². The van der Waals surface area contributed by atoms with E-state index in [9.17, 15) is 4.79 Å². The summed E-state index contributed by atoms with van der Waals surface area (Å²) >= 11 is 0.